The lowest BCUT2D eigenvalue weighted by Crippen LogP contribution is -2.65. The Labute approximate surface area is 530 Å². The second kappa shape index (κ2) is 24.6. The minimum Gasteiger partial charge on any atom is -0.494 e. The van der Waals surface area contributed by atoms with E-state index in [0.717, 1.165) is 28.7 Å². The number of hydrogen-bond donors (Lipinski definition) is 1. The Kier molecular flexibility index (Phi) is 17.5. The lowest BCUT2D eigenvalue weighted by atomic mass is 9.72. The summed E-state index contributed by atoms with van der Waals surface area (Å²) in [4.78, 5) is 61.7. The van der Waals surface area contributed by atoms with Crippen molar-refractivity contribution in [1.82, 2.24) is 19.6 Å². The minimum atomic E-state index is -4.15. The van der Waals surface area contributed by atoms with Gasteiger partial charge < -0.3 is 38.6 Å². The van der Waals surface area contributed by atoms with Crippen molar-refractivity contribution in [2.24, 2.45) is 0 Å². The van der Waals surface area contributed by atoms with Gasteiger partial charge in [0.25, 0.3) is 20.0 Å². The number of ether oxygens (including phenoxy) is 2. The molecule has 0 bridgehead atoms. The molecule has 18 nitrogen and oxygen atoms in total. The molecule has 4 amide bonds. The molecule has 1 N–H and O–H groups in total. The largest absolute Gasteiger partial charge is 0.494 e. The van der Waals surface area contributed by atoms with Gasteiger partial charge in [-0.1, -0.05) is 139 Å². The molecule has 12 rings (SSSR count). The van der Waals surface area contributed by atoms with Crippen molar-refractivity contribution in [3.63, 3.8) is 0 Å². The number of carbonyl (C=O) groups excluding carboxylic acids is 4. The highest BCUT2D eigenvalue weighted by atomic mass is 32.2. The molecule has 4 fully saturated rings. The maximum Gasteiger partial charge on any atom is 0.266 e. The highest BCUT2D eigenvalue weighted by Gasteiger charge is 2.70. The molecule has 6 heterocycles. The van der Waals surface area contributed by atoms with Gasteiger partial charge in [0.15, 0.2) is 8.32 Å². The minimum absolute atomic E-state index is 0.0253. The SMILES string of the molecule is CC(C)[Si](OCCCOc1ccc([C@]23C[C@H]4C(=O)N(C)[C@@H](C)C(=O)N4[C@H]2N(S(=O)(=O)c2ccccc2)c2ccccc23)cc1)(C(C)C)C(C)C.C[C@H]1C(=O)N2[C@@H](C[C@]3(c4ccc(OCCCO)cc4)c4ccccc4N(S(=O)(=O)c4ccccc4)[C@H]23)C(=O)N1C. The van der Waals surface area contributed by atoms with Crippen LogP contribution in [0.1, 0.15) is 103 Å². The molecule has 6 aromatic rings. The fourth-order valence-corrected chi connectivity index (χ4v) is 24.5. The monoisotopic (exact) mass is 1280 g/mol. The van der Waals surface area contributed by atoms with Crippen LogP contribution in [0.5, 0.6) is 11.5 Å². The van der Waals surface area contributed by atoms with E-state index in [1.54, 1.807) is 112 Å². The fraction of sp³-hybridized carbons (Fsp3) is 0.420. The van der Waals surface area contributed by atoms with Gasteiger partial charge in [0.1, 0.15) is 48.0 Å². The van der Waals surface area contributed by atoms with E-state index in [9.17, 15) is 36.0 Å². The van der Waals surface area contributed by atoms with Gasteiger partial charge in [0.05, 0.1) is 45.2 Å². The van der Waals surface area contributed by atoms with E-state index in [1.807, 2.05) is 78.9 Å². The average Bonchev–Trinajstić information content (AvgIpc) is 1.52. The molecule has 0 saturated carbocycles. The first-order valence-electron chi connectivity index (χ1n) is 31.2. The predicted octanol–water partition coefficient (Wildman–Crippen LogP) is 9.66. The van der Waals surface area contributed by atoms with Gasteiger partial charge >= 0.3 is 0 Å². The number of aliphatic hydroxyl groups excluding tert-OH is 1. The molecule has 4 saturated heterocycles. The molecule has 0 radical (unpaired) electrons. The molecule has 0 aromatic heterocycles. The lowest BCUT2D eigenvalue weighted by Gasteiger charge is -2.44. The molecule has 6 aliphatic rings. The molecule has 6 aromatic carbocycles. The molecular formula is C69H82N6O12S2Si. The van der Waals surface area contributed by atoms with Gasteiger partial charge in [-0.2, -0.15) is 0 Å². The van der Waals surface area contributed by atoms with Crippen molar-refractivity contribution < 1.29 is 55.0 Å². The highest BCUT2D eigenvalue weighted by Crippen LogP contribution is 2.62. The van der Waals surface area contributed by atoms with Crippen LogP contribution in [0.25, 0.3) is 0 Å². The van der Waals surface area contributed by atoms with E-state index in [1.165, 1.54) is 23.3 Å². The summed E-state index contributed by atoms with van der Waals surface area (Å²) in [5, 5.41) is 9.08. The number of benzene rings is 6. The van der Waals surface area contributed by atoms with Crippen molar-refractivity contribution in [1.29, 1.82) is 0 Å². The molecule has 0 spiro atoms. The van der Waals surface area contributed by atoms with Crippen LogP contribution < -0.4 is 18.1 Å². The third kappa shape index (κ3) is 10.1. The van der Waals surface area contributed by atoms with Crippen molar-refractivity contribution >= 4 is 63.4 Å². The van der Waals surface area contributed by atoms with Crippen molar-refractivity contribution in [3.05, 3.63) is 180 Å². The molecule has 0 unspecified atom stereocenters. The number of sulfonamides is 2. The summed E-state index contributed by atoms with van der Waals surface area (Å²) >= 11 is 0. The standard InChI is InChI=1S/C39H51N3O6SSi.C30H31N3O6S/c1-26(2)50(27(3)4,28(5)6)48-24-14-23-47-31-21-19-30(20-22-31)39-25-35-37(44)40(8)29(7)36(43)41(35)38(39)42(34-18-13-12-17-33(34)39)49(45,46)32-15-10-9-11-16-32;1-20-27(35)32-26(28(36)31(20)2)19-30(21-13-15-22(16-14-21)39-18-8-17-34)24-11-6-7-12-25(24)33(29(30)32)40(37,38)23-9-4-3-5-10-23/h9-13,15-22,26-29,35,38H,14,23-25H2,1-8H3;3-7,9-16,20,26,29,34H,8,17-19H2,1-2H3/t29-,35-,38-,39-;20-,26-,29-,30-/m00/s1. The molecule has 8 atom stereocenters. The Morgan fingerprint density at radius 2 is 0.844 bits per heavy atom. The van der Waals surface area contributed by atoms with E-state index in [2.05, 4.69) is 41.5 Å². The highest BCUT2D eigenvalue weighted by molar-refractivity contribution is 7.93. The van der Waals surface area contributed by atoms with Crippen LogP contribution in [0.4, 0.5) is 11.4 Å². The molecular weight excluding hydrogens is 1200 g/mol. The average molecular weight is 1280 g/mol. The Morgan fingerprint density at radius 3 is 1.21 bits per heavy atom. The Balaban J connectivity index is 0.000000190. The third-order valence-electron chi connectivity index (χ3n) is 20.0. The normalized spacial score (nSPS) is 24.5. The zero-order valence-corrected chi connectivity index (χ0v) is 55.4. The van der Waals surface area contributed by atoms with Crippen LogP contribution in [0.2, 0.25) is 16.6 Å². The predicted molar refractivity (Wildman–Crippen MR) is 346 cm³/mol. The number of fused-ring (bicyclic) bond motifs is 10. The summed E-state index contributed by atoms with van der Waals surface area (Å²) in [7, 11) is -6.97. The number of carbonyl (C=O) groups is 4. The van der Waals surface area contributed by atoms with Crippen LogP contribution in [-0.2, 0) is 54.5 Å². The second-order valence-corrected chi connectivity index (χ2v) is 34.6. The van der Waals surface area contributed by atoms with Gasteiger partial charge in [-0.05, 0) is 126 Å². The summed E-state index contributed by atoms with van der Waals surface area (Å²) in [6, 6.07) is 43.2. The maximum atomic E-state index is 14.6. The van der Waals surface area contributed by atoms with Crippen LogP contribution in [0.3, 0.4) is 0 Å². The Morgan fingerprint density at radius 1 is 0.489 bits per heavy atom. The van der Waals surface area contributed by atoms with E-state index in [0.29, 0.717) is 65.7 Å². The van der Waals surface area contributed by atoms with Crippen molar-refractivity contribution in [2.75, 3.05) is 49.1 Å². The Hall–Kier alpha value is -7.56. The zero-order valence-electron chi connectivity index (χ0n) is 52.8. The number of piperazine rings is 2. The van der Waals surface area contributed by atoms with Crippen LogP contribution in [-0.4, -0.2) is 151 Å². The van der Waals surface area contributed by atoms with Gasteiger partial charge in [0.2, 0.25) is 23.6 Å². The summed E-state index contributed by atoms with van der Waals surface area (Å²) in [5.74, 6) is 0.344. The lowest BCUT2D eigenvalue weighted by molar-refractivity contribution is -0.158. The fourth-order valence-electron chi connectivity index (χ4n) is 15.6. The Bertz CT molecular complexity index is 3880. The van der Waals surface area contributed by atoms with E-state index in [-0.39, 0.29) is 52.9 Å². The second-order valence-electron chi connectivity index (χ2n) is 25.5. The molecule has 90 heavy (non-hydrogen) atoms. The third-order valence-corrected chi connectivity index (χ3v) is 29.7. The molecule has 6 aliphatic heterocycles. The number of likely N-dealkylation sites (N-methyl/N-ethyl adjacent to an activating group) is 2. The van der Waals surface area contributed by atoms with Gasteiger partial charge in [-0.25, -0.2) is 25.4 Å². The maximum absolute atomic E-state index is 14.6. The van der Waals surface area contributed by atoms with Gasteiger partial charge in [-0.3, -0.25) is 19.2 Å². The number of anilines is 2. The number of nitrogens with zero attached hydrogens (tertiary/aromatic N) is 6. The number of amides is 4. The van der Waals surface area contributed by atoms with Crippen molar-refractivity contribution in [2.45, 2.75) is 155 Å². The number of para-hydroxylation sites is 2. The van der Waals surface area contributed by atoms with E-state index >= 15 is 0 Å². The quantitative estimate of drug-likeness (QED) is 0.0595. The van der Waals surface area contributed by atoms with Crippen LogP contribution in [0, 0.1) is 0 Å². The summed E-state index contributed by atoms with van der Waals surface area (Å²) < 4.78 is 79.3. The summed E-state index contributed by atoms with van der Waals surface area (Å²) in [5.41, 5.74) is 3.69. The van der Waals surface area contributed by atoms with Gasteiger partial charge in [-0.15, -0.1) is 0 Å². The molecule has 476 valence electrons. The summed E-state index contributed by atoms with van der Waals surface area (Å²) in [6.45, 7) is 18.6. The first kappa shape index (κ1) is 64.0. The number of aliphatic hydroxyl groups is 1. The molecule has 0 aliphatic carbocycles. The van der Waals surface area contributed by atoms with Crippen LogP contribution in [0.15, 0.2) is 168 Å². The first-order valence-corrected chi connectivity index (χ1v) is 36.2. The number of rotatable bonds is 19. The smallest absolute Gasteiger partial charge is 0.266 e. The molecule has 21 heteroatoms. The van der Waals surface area contributed by atoms with Gasteiger partial charge in [0, 0.05) is 40.2 Å². The summed E-state index contributed by atoms with van der Waals surface area (Å²) in [6.07, 6.45) is -0.197. The van der Waals surface area contributed by atoms with E-state index < -0.39 is 75.7 Å². The van der Waals surface area contributed by atoms with E-state index in [4.69, 9.17) is 19.0 Å². The van der Waals surface area contributed by atoms with Crippen LogP contribution >= 0.6 is 0 Å². The first-order chi connectivity index (χ1) is 42.9. The topological polar surface area (TPSA) is 204 Å². The zero-order chi connectivity index (χ0) is 64.4. The number of hydrogen-bond acceptors (Lipinski definition) is 12. The van der Waals surface area contributed by atoms with Crippen molar-refractivity contribution in [3.8, 4) is 11.5 Å².